The van der Waals surface area contributed by atoms with Crippen LogP contribution in [0.4, 0.5) is 0 Å². The quantitative estimate of drug-likeness (QED) is 0.404. The van der Waals surface area contributed by atoms with Crippen molar-refractivity contribution in [1.29, 1.82) is 0 Å². The summed E-state index contributed by atoms with van der Waals surface area (Å²) in [5.41, 5.74) is 2.24. The summed E-state index contributed by atoms with van der Waals surface area (Å²) in [6, 6.07) is 7.73. The van der Waals surface area contributed by atoms with E-state index in [0.29, 0.717) is 10.0 Å². The van der Waals surface area contributed by atoms with Crippen molar-refractivity contribution in [2.24, 2.45) is 0 Å². The van der Waals surface area contributed by atoms with Crippen LogP contribution in [0.15, 0.2) is 31.8 Å². The molecule has 90 valence electrons. The Bertz CT molecular complexity index is 554. The minimum Gasteiger partial charge on any atom is -0.121 e. The van der Waals surface area contributed by atoms with Gasteiger partial charge in [0, 0.05) is 0 Å². The second kappa shape index (κ2) is 5.93. The Labute approximate surface area is 139 Å². The average molecular weight is 480 g/mol. The van der Waals surface area contributed by atoms with E-state index in [9.17, 15) is 0 Å². The van der Waals surface area contributed by atoms with Crippen LogP contribution in [0.25, 0.3) is 0 Å². The van der Waals surface area contributed by atoms with E-state index in [1.165, 1.54) is 5.56 Å². The molecule has 1 atom stereocenters. The summed E-state index contributed by atoms with van der Waals surface area (Å²) in [6.07, 6.45) is 0. The Morgan fingerprint density at radius 3 is 2.29 bits per heavy atom. The first kappa shape index (κ1) is 14.4. The molecule has 0 nitrogen and oxygen atoms in total. The van der Waals surface area contributed by atoms with Crippen molar-refractivity contribution in [2.75, 3.05) is 0 Å². The fourth-order valence-corrected chi connectivity index (χ4v) is 5.69. The van der Waals surface area contributed by atoms with Crippen LogP contribution >= 0.6 is 82.3 Å². The lowest BCUT2D eigenvalue weighted by Gasteiger charge is -2.10. The molecule has 1 aromatic carbocycles. The largest absolute Gasteiger partial charge is 0.121 e. The summed E-state index contributed by atoms with van der Waals surface area (Å²) in [4.78, 5) is 0.0918. The summed E-state index contributed by atoms with van der Waals surface area (Å²) in [5, 5.41) is 1.14. The monoisotopic (exact) mass is 476 g/mol. The second-order valence-electron chi connectivity index (χ2n) is 3.32. The van der Waals surface area contributed by atoms with Gasteiger partial charge in [0.15, 0.2) is 0 Å². The molecule has 17 heavy (non-hydrogen) atoms. The highest BCUT2D eigenvalue weighted by Crippen LogP contribution is 2.42. The number of benzene rings is 1. The molecule has 0 aliphatic carbocycles. The van der Waals surface area contributed by atoms with E-state index in [1.807, 2.05) is 18.2 Å². The molecular formula is C11H5Br3Cl2S. The molecule has 0 aliphatic heterocycles. The number of hydrogen-bond acceptors (Lipinski definition) is 1. The molecule has 0 radical (unpaired) electrons. The predicted molar refractivity (Wildman–Crippen MR) is 87.0 cm³/mol. The highest BCUT2D eigenvalue weighted by molar-refractivity contribution is 9.12. The molecule has 0 amide bonds. The van der Waals surface area contributed by atoms with Gasteiger partial charge in [-0.2, -0.15) is 0 Å². The maximum atomic E-state index is 6.02. The van der Waals surface area contributed by atoms with Crippen LogP contribution in [0.3, 0.4) is 0 Å². The van der Waals surface area contributed by atoms with Gasteiger partial charge in [0.25, 0.3) is 0 Å². The zero-order valence-electron chi connectivity index (χ0n) is 8.18. The molecule has 0 bridgehead atoms. The maximum absolute atomic E-state index is 6.02. The lowest BCUT2D eigenvalue weighted by atomic mass is 10.1. The van der Waals surface area contributed by atoms with E-state index in [2.05, 4.69) is 53.9 Å². The van der Waals surface area contributed by atoms with E-state index in [4.69, 9.17) is 23.2 Å². The highest BCUT2D eigenvalue weighted by atomic mass is 79.9. The van der Waals surface area contributed by atoms with Crippen molar-refractivity contribution in [3.63, 3.8) is 0 Å². The SMILES string of the molecule is Clc1ccc(C(Br)c2cc(Br)sc2Br)cc1Cl. The van der Waals surface area contributed by atoms with Crippen molar-refractivity contribution >= 4 is 82.3 Å². The molecule has 2 aromatic rings. The molecule has 1 unspecified atom stereocenters. The van der Waals surface area contributed by atoms with E-state index >= 15 is 0 Å². The molecule has 1 heterocycles. The molecular weight excluding hydrogens is 475 g/mol. The van der Waals surface area contributed by atoms with Gasteiger partial charge in [0.1, 0.15) is 0 Å². The van der Waals surface area contributed by atoms with Crippen molar-refractivity contribution in [1.82, 2.24) is 0 Å². The number of thiophene rings is 1. The number of halogens is 5. The van der Waals surface area contributed by atoms with Gasteiger partial charge in [-0.15, -0.1) is 11.3 Å². The standard InChI is InChI=1S/C11H5Br3Cl2S/c12-9-4-6(11(14)17-9)10(13)5-1-2-7(15)8(16)3-5/h1-4,10H. The maximum Gasteiger partial charge on any atom is 0.0757 e. The first-order chi connectivity index (χ1) is 7.99. The second-order valence-corrected chi connectivity index (χ2v) is 8.80. The van der Waals surface area contributed by atoms with Gasteiger partial charge in [-0.3, -0.25) is 0 Å². The smallest absolute Gasteiger partial charge is 0.0757 e. The Morgan fingerprint density at radius 2 is 1.76 bits per heavy atom. The van der Waals surface area contributed by atoms with Crippen LogP contribution < -0.4 is 0 Å². The summed E-state index contributed by atoms with van der Waals surface area (Å²) in [7, 11) is 0. The van der Waals surface area contributed by atoms with E-state index < -0.39 is 0 Å². The third-order valence-corrected chi connectivity index (χ3v) is 6.34. The molecule has 2 rings (SSSR count). The molecule has 0 saturated heterocycles. The van der Waals surface area contributed by atoms with Crippen molar-refractivity contribution in [2.45, 2.75) is 4.83 Å². The molecule has 6 heteroatoms. The lowest BCUT2D eigenvalue weighted by molar-refractivity contribution is 1.18. The van der Waals surface area contributed by atoms with Crippen LogP contribution in [-0.2, 0) is 0 Å². The van der Waals surface area contributed by atoms with Crippen LogP contribution in [0, 0.1) is 0 Å². The summed E-state index contributed by atoms with van der Waals surface area (Å²) in [5.74, 6) is 0. The first-order valence-electron chi connectivity index (χ1n) is 4.53. The zero-order valence-corrected chi connectivity index (χ0v) is 15.3. The Balaban J connectivity index is 2.40. The minimum atomic E-state index is 0.0918. The highest BCUT2D eigenvalue weighted by Gasteiger charge is 2.17. The average Bonchev–Trinajstić information content (AvgIpc) is 2.61. The number of rotatable bonds is 2. The molecule has 1 aromatic heterocycles. The summed E-state index contributed by atoms with van der Waals surface area (Å²) >= 11 is 24.3. The van der Waals surface area contributed by atoms with Gasteiger partial charge in [0.2, 0.25) is 0 Å². The Hall–Kier alpha value is 0.940. The summed E-state index contributed by atoms with van der Waals surface area (Å²) < 4.78 is 2.18. The van der Waals surface area contributed by atoms with E-state index in [0.717, 1.165) is 13.1 Å². The first-order valence-corrected chi connectivity index (χ1v) is 8.60. The fourth-order valence-electron chi connectivity index (χ4n) is 1.38. The van der Waals surface area contributed by atoms with Gasteiger partial charge >= 0.3 is 0 Å². The lowest BCUT2D eigenvalue weighted by Crippen LogP contribution is -1.91. The zero-order chi connectivity index (χ0) is 12.6. The van der Waals surface area contributed by atoms with Crippen LogP contribution in [0.5, 0.6) is 0 Å². The molecule has 0 aliphatic rings. The summed E-state index contributed by atoms with van der Waals surface area (Å²) in [6.45, 7) is 0. The van der Waals surface area contributed by atoms with Gasteiger partial charge in [-0.1, -0.05) is 45.2 Å². The normalized spacial score (nSPS) is 12.8. The molecule has 0 N–H and O–H groups in total. The number of alkyl halides is 1. The van der Waals surface area contributed by atoms with Crippen LogP contribution in [0.1, 0.15) is 16.0 Å². The van der Waals surface area contributed by atoms with Gasteiger partial charge < -0.3 is 0 Å². The van der Waals surface area contributed by atoms with Gasteiger partial charge in [0.05, 0.1) is 22.4 Å². The minimum absolute atomic E-state index is 0.0918. The fraction of sp³-hybridized carbons (Fsp3) is 0.0909. The Kier molecular flexibility index (Phi) is 5.01. The van der Waals surface area contributed by atoms with Crippen molar-refractivity contribution < 1.29 is 0 Å². The third kappa shape index (κ3) is 3.28. The van der Waals surface area contributed by atoms with Gasteiger partial charge in [-0.05, 0) is 61.2 Å². The van der Waals surface area contributed by atoms with Crippen LogP contribution in [-0.4, -0.2) is 0 Å². The van der Waals surface area contributed by atoms with E-state index in [-0.39, 0.29) is 4.83 Å². The predicted octanol–water partition coefficient (Wildman–Crippen LogP) is 7.06. The molecule has 0 spiro atoms. The van der Waals surface area contributed by atoms with Crippen LogP contribution in [0.2, 0.25) is 10.0 Å². The van der Waals surface area contributed by atoms with Crippen molar-refractivity contribution in [3.05, 3.63) is 53.0 Å². The third-order valence-electron chi connectivity index (χ3n) is 2.19. The molecule has 0 saturated carbocycles. The van der Waals surface area contributed by atoms with Crippen molar-refractivity contribution in [3.8, 4) is 0 Å². The number of hydrogen-bond donors (Lipinski definition) is 0. The topological polar surface area (TPSA) is 0 Å². The van der Waals surface area contributed by atoms with Gasteiger partial charge in [-0.25, -0.2) is 0 Å². The Morgan fingerprint density at radius 1 is 1.06 bits per heavy atom. The van der Waals surface area contributed by atoms with E-state index in [1.54, 1.807) is 11.3 Å². The molecule has 0 fully saturated rings.